The van der Waals surface area contributed by atoms with Crippen LogP contribution in [0.2, 0.25) is 0 Å². The molecule has 4 saturated carbocycles. The summed E-state index contributed by atoms with van der Waals surface area (Å²) in [4.78, 5) is 12.2. The predicted octanol–water partition coefficient (Wildman–Crippen LogP) is 5.06. The van der Waals surface area contributed by atoms with Crippen LogP contribution in [-0.2, 0) is 4.79 Å². The van der Waals surface area contributed by atoms with Crippen LogP contribution >= 0.6 is 0 Å². The van der Waals surface area contributed by atoms with Gasteiger partial charge in [0.25, 0.3) is 0 Å². The van der Waals surface area contributed by atoms with Crippen LogP contribution in [0.25, 0.3) is 0 Å². The average Bonchev–Trinajstić information content (AvgIpc) is 2.90. The standard InChI is InChI=1S/C21H33NO2/c1-13(23)16-9-10-17-15-8-7-14-6-4-5-11-20(14,2)19(15)18(22-24)12-21(16,17)3/h14-17,19,24H,4-12H2,1-3H3/t14-,15+,16-,17+,19-,20+,21-/m1/s1. The molecule has 0 spiro atoms. The molecule has 3 heteroatoms. The van der Waals surface area contributed by atoms with E-state index in [0.717, 1.165) is 24.5 Å². The zero-order valence-electron chi connectivity index (χ0n) is 15.6. The van der Waals surface area contributed by atoms with Crippen molar-refractivity contribution in [2.24, 2.45) is 45.6 Å². The number of rotatable bonds is 1. The number of carbonyl (C=O) groups is 1. The third-order valence-corrected chi connectivity index (χ3v) is 8.90. The van der Waals surface area contributed by atoms with Crippen LogP contribution in [0.3, 0.4) is 0 Å². The molecule has 0 radical (unpaired) electrons. The predicted molar refractivity (Wildman–Crippen MR) is 95.1 cm³/mol. The van der Waals surface area contributed by atoms with Crippen molar-refractivity contribution in [3.8, 4) is 0 Å². The molecule has 0 saturated heterocycles. The van der Waals surface area contributed by atoms with E-state index in [1.807, 2.05) is 0 Å². The first-order chi connectivity index (χ1) is 11.4. The Hall–Kier alpha value is -0.860. The van der Waals surface area contributed by atoms with Crippen LogP contribution in [0, 0.1) is 40.4 Å². The molecule has 4 rings (SSSR count). The summed E-state index contributed by atoms with van der Waals surface area (Å²) in [7, 11) is 0. The number of fused-ring (bicyclic) bond motifs is 5. The van der Waals surface area contributed by atoms with Crippen LogP contribution in [0.4, 0.5) is 0 Å². The van der Waals surface area contributed by atoms with Crippen molar-refractivity contribution in [3.63, 3.8) is 0 Å². The highest BCUT2D eigenvalue weighted by atomic mass is 16.4. The number of hydrogen-bond acceptors (Lipinski definition) is 3. The van der Waals surface area contributed by atoms with Crippen LogP contribution in [0.1, 0.15) is 78.6 Å². The van der Waals surface area contributed by atoms with Crippen LogP contribution in [0.15, 0.2) is 5.16 Å². The van der Waals surface area contributed by atoms with Crippen molar-refractivity contribution in [1.82, 2.24) is 0 Å². The smallest absolute Gasteiger partial charge is 0.133 e. The van der Waals surface area contributed by atoms with Gasteiger partial charge in [0.15, 0.2) is 0 Å². The summed E-state index contributed by atoms with van der Waals surface area (Å²) >= 11 is 0. The molecular weight excluding hydrogens is 298 g/mol. The number of oxime groups is 1. The number of ketones is 1. The van der Waals surface area contributed by atoms with E-state index in [0.29, 0.717) is 29.0 Å². The van der Waals surface area contributed by atoms with Gasteiger partial charge < -0.3 is 5.21 Å². The van der Waals surface area contributed by atoms with E-state index >= 15 is 0 Å². The third-order valence-electron chi connectivity index (χ3n) is 8.90. The van der Waals surface area contributed by atoms with Gasteiger partial charge in [-0.25, -0.2) is 0 Å². The molecule has 134 valence electrons. The van der Waals surface area contributed by atoms with Gasteiger partial charge in [-0.15, -0.1) is 0 Å². The fourth-order valence-corrected chi connectivity index (χ4v) is 7.91. The lowest BCUT2D eigenvalue weighted by molar-refractivity contribution is -0.126. The molecule has 24 heavy (non-hydrogen) atoms. The average molecular weight is 332 g/mol. The summed E-state index contributed by atoms with van der Waals surface area (Å²) in [6, 6.07) is 0. The van der Waals surface area contributed by atoms with E-state index < -0.39 is 0 Å². The second-order valence-electron chi connectivity index (χ2n) is 9.79. The monoisotopic (exact) mass is 331 g/mol. The molecule has 4 fully saturated rings. The fourth-order valence-electron chi connectivity index (χ4n) is 7.91. The minimum absolute atomic E-state index is 0.0203. The minimum Gasteiger partial charge on any atom is -0.411 e. The van der Waals surface area contributed by atoms with E-state index in [4.69, 9.17) is 0 Å². The van der Waals surface area contributed by atoms with Gasteiger partial charge in [0.1, 0.15) is 5.78 Å². The molecule has 7 atom stereocenters. The van der Waals surface area contributed by atoms with Crippen molar-refractivity contribution in [2.75, 3.05) is 0 Å². The van der Waals surface area contributed by atoms with Gasteiger partial charge in [0.2, 0.25) is 0 Å². The summed E-state index contributed by atoms with van der Waals surface area (Å²) in [5.41, 5.74) is 1.37. The van der Waals surface area contributed by atoms with E-state index in [2.05, 4.69) is 19.0 Å². The Morgan fingerprint density at radius 3 is 2.58 bits per heavy atom. The number of carbonyl (C=O) groups excluding carboxylic acids is 1. The van der Waals surface area contributed by atoms with Crippen LogP contribution in [0.5, 0.6) is 0 Å². The highest BCUT2D eigenvalue weighted by Gasteiger charge is 2.62. The molecule has 0 aromatic carbocycles. The molecular formula is C21H33NO2. The van der Waals surface area contributed by atoms with Gasteiger partial charge in [-0.1, -0.05) is 31.8 Å². The van der Waals surface area contributed by atoms with E-state index in [1.165, 1.54) is 44.9 Å². The Morgan fingerprint density at radius 1 is 1.08 bits per heavy atom. The zero-order valence-corrected chi connectivity index (χ0v) is 15.6. The Bertz CT molecular complexity index is 570. The van der Waals surface area contributed by atoms with Crippen LogP contribution in [-0.4, -0.2) is 16.7 Å². The molecule has 0 unspecified atom stereocenters. The summed E-state index contributed by atoms with van der Waals surface area (Å²) in [6.07, 6.45) is 11.0. The first-order valence-electron chi connectivity index (χ1n) is 10.1. The van der Waals surface area contributed by atoms with Gasteiger partial charge in [-0.3, -0.25) is 4.79 Å². The molecule has 0 amide bonds. The van der Waals surface area contributed by atoms with Crippen molar-refractivity contribution in [1.29, 1.82) is 0 Å². The van der Waals surface area contributed by atoms with E-state index in [9.17, 15) is 10.0 Å². The normalized spacial score (nSPS) is 52.5. The first-order valence-corrected chi connectivity index (χ1v) is 10.1. The molecule has 4 aliphatic rings. The SMILES string of the molecule is CC(=O)[C@H]1CC[C@H]2[C@@H]3CC[C@H]4CCCC[C@]4(C)[C@H]3C(=NO)C[C@]12C. The van der Waals surface area contributed by atoms with E-state index in [-0.39, 0.29) is 11.3 Å². The second kappa shape index (κ2) is 5.57. The summed E-state index contributed by atoms with van der Waals surface area (Å²) in [5, 5.41) is 13.8. The maximum atomic E-state index is 12.2. The Kier molecular flexibility index (Phi) is 3.85. The lowest BCUT2D eigenvalue weighted by Crippen LogP contribution is -2.57. The van der Waals surface area contributed by atoms with Crippen molar-refractivity contribution < 1.29 is 10.0 Å². The Balaban J connectivity index is 1.74. The maximum absolute atomic E-state index is 12.2. The van der Waals surface area contributed by atoms with Crippen molar-refractivity contribution in [3.05, 3.63) is 0 Å². The van der Waals surface area contributed by atoms with Crippen LogP contribution < -0.4 is 0 Å². The van der Waals surface area contributed by atoms with E-state index in [1.54, 1.807) is 6.92 Å². The molecule has 0 aromatic rings. The summed E-state index contributed by atoms with van der Waals surface area (Å²) in [6.45, 7) is 6.56. The quantitative estimate of drug-likeness (QED) is 0.539. The maximum Gasteiger partial charge on any atom is 0.133 e. The Labute approximate surface area is 146 Å². The van der Waals surface area contributed by atoms with Gasteiger partial charge in [0, 0.05) is 11.8 Å². The number of hydrogen-bond donors (Lipinski definition) is 1. The second-order valence-corrected chi connectivity index (χ2v) is 9.79. The minimum atomic E-state index is 0.0203. The Morgan fingerprint density at radius 2 is 1.88 bits per heavy atom. The molecule has 0 aromatic heterocycles. The summed E-state index contributed by atoms with van der Waals surface area (Å²) in [5.74, 6) is 3.02. The number of Topliss-reactive ketones (excluding diaryl/α,β-unsaturated/α-hetero) is 1. The fraction of sp³-hybridized carbons (Fsp3) is 0.905. The van der Waals surface area contributed by atoms with Crippen molar-refractivity contribution >= 4 is 11.5 Å². The first kappa shape index (κ1) is 16.6. The van der Waals surface area contributed by atoms with Crippen molar-refractivity contribution in [2.45, 2.75) is 78.6 Å². The zero-order chi connectivity index (χ0) is 17.1. The van der Waals surface area contributed by atoms with Gasteiger partial charge in [0.05, 0.1) is 5.71 Å². The molecule has 4 aliphatic carbocycles. The number of nitrogens with zero attached hydrogens (tertiary/aromatic N) is 1. The molecule has 3 nitrogen and oxygen atoms in total. The lowest BCUT2D eigenvalue weighted by atomic mass is 9.44. The largest absolute Gasteiger partial charge is 0.411 e. The highest BCUT2D eigenvalue weighted by molar-refractivity contribution is 5.90. The molecule has 1 N–H and O–H groups in total. The lowest BCUT2D eigenvalue weighted by Gasteiger charge is -2.60. The summed E-state index contributed by atoms with van der Waals surface area (Å²) < 4.78 is 0. The van der Waals surface area contributed by atoms with Gasteiger partial charge in [-0.2, -0.15) is 0 Å². The third kappa shape index (κ3) is 2.08. The van der Waals surface area contributed by atoms with Gasteiger partial charge in [-0.05, 0) is 80.5 Å². The highest BCUT2D eigenvalue weighted by Crippen LogP contribution is 2.66. The molecule has 0 bridgehead atoms. The molecule has 0 aliphatic heterocycles. The van der Waals surface area contributed by atoms with Gasteiger partial charge >= 0.3 is 0 Å². The molecule has 0 heterocycles. The topological polar surface area (TPSA) is 49.7 Å².